The smallest absolute Gasteiger partial charge is 0.359 e. The van der Waals surface area contributed by atoms with Gasteiger partial charge in [-0.2, -0.15) is 13.2 Å². The van der Waals surface area contributed by atoms with E-state index in [1.165, 1.54) is 6.92 Å². The molecule has 2 aliphatic heterocycles. The van der Waals surface area contributed by atoms with Crippen molar-refractivity contribution in [2.24, 2.45) is 0 Å². The van der Waals surface area contributed by atoms with Crippen LogP contribution in [0, 0.1) is 0 Å². The molecule has 0 aliphatic carbocycles. The van der Waals surface area contributed by atoms with E-state index in [1.807, 2.05) is 5.32 Å². The number of nitrogens with one attached hydrogen (secondary N) is 2. The lowest BCUT2D eigenvalue weighted by Gasteiger charge is -2.25. The van der Waals surface area contributed by atoms with Gasteiger partial charge in [0.15, 0.2) is 14.8 Å². The van der Waals surface area contributed by atoms with E-state index in [0.29, 0.717) is 17.4 Å². The maximum absolute atomic E-state index is 14.1. The van der Waals surface area contributed by atoms with Gasteiger partial charge in [0.2, 0.25) is 0 Å². The van der Waals surface area contributed by atoms with Crippen molar-refractivity contribution in [3.63, 3.8) is 0 Å². The number of hydrogen-bond donors (Lipinski definition) is 2. The van der Waals surface area contributed by atoms with Gasteiger partial charge in [0.1, 0.15) is 17.6 Å². The Morgan fingerprint density at radius 2 is 1.88 bits per heavy atom. The first-order chi connectivity index (χ1) is 18.4. The molecule has 2 amide bonds. The summed E-state index contributed by atoms with van der Waals surface area (Å²) in [5, 5.41) is 3.93. The molecular weight excluding hydrogens is 595 g/mol. The van der Waals surface area contributed by atoms with Gasteiger partial charge in [-0.1, -0.05) is 0 Å². The van der Waals surface area contributed by atoms with Crippen LogP contribution in [0.3, 0.4) is 0 Å². The summed E-state index contributed by atoms with van der Waals surface area (Å²) in [6, 6.07) is -3.19. The average molecular weight is 618 g/mol. The highest BCUT2D eigenvalue weighted by molar-refractivity contribution is 7.92. The Balaban J connectivity index is 1.75. The van der Waals surface area contributed by atoms with Crippen LogP contribution in [0.4, 0.5) is 36.6 Å². The molecule has 220 valence electrons. The summed E-state index contributed by atoms with van der Waals surface area (Å²) in [7, 11) is -3.31. The molecule has 0 spiro atoms. The minimum absolute atomic E-state index is 0.336. The van der Waals surface area contributed by atoms with Crippen LogP contribution < -0.4 is 10.6 Å². The Bertz CT molecular complexity index is 1420. The summed E-state index contributed by atoms with van der Waals surface area (Å²) < 4.78 is 118. The van der Waals surface area contributed by atoms with Crippen LogP contribution in [-0.2, 0) is 9.84 Å². The molecule has 2 N–H and O–H groups in total. The quantitative estimate of drug-likeness (QED) is 0.452. The number of amides is 2. The third kappa shape index (κ3) is 6.31. The molecule has 2 atom stereocenters. The highest BCUT2D eigenvalue weighted by atomic mass is 32.2. The molecule has 18 heteroatoms. The Morgan fingerprint density at radius 1 is 1.23 bits per heavy atom. The molecule has 9 nitrogen and oxygen atoms in total. The van der Waals surface area contributed by atoms with Gasteiger partial charge < -0.3 is 15.5 Å². The number of carbonyl (C=O) groups is 2. The van der Waals surface area contributed by atoms with E-state index in [2.05, 4.69) is 15.3 Å². The predicted molar refractivity (Wildman–Crippen MR) is 129 cm³/mol. The van der Waals surface area contributed by atoms with E-state index in [4.69, 9.17) is 0 Å². The van der Waals surface area contributed by atoms with Crippen LogP contribution in [0.2, 0.25) is 0 Å². The molecule has 40 heavy (non-hydrogen) atoms. The number of hydrogen-bond acceptors (Lipinski definition) is 8. The summed E-state index contributed by atoms with van der Waals surface area (Å²) in [4.78, 5) is 34.3. The largest absolute Gasteiger partial charge is 0.408 e. The van der Waals surface area contributed by atoms with Crippen molar-refractivity contribution in [1.82, 2.24) is 20.2 Å². The second-order valence-corrected chi connectivity index (χ2v) is 12.8. The topological polar surface area (TPSA) is 121 Å². The van der Waals surface area contributed by atoms with Crippen molar-refractivity contribution < 1.29 is 48.7 Å². The van der Waals surface area contributed by atoms with Crippen molar-refractivity contribution >= 4 is 38.8 Å². The van der Waals surface area contributed by atoms with Crippen LogP contribution in [-0.4, -0.2) is 83.4 Å². The summed E-state index contributed by atoms with van der Waals surface area (Å²) in [5.74, 6) is -6.44. The molecule has 0 radical (unpaired) electrons. The molecule has 2 unspecified atom stereocenters. The summed E-state index contributed by atoms with van der Waals surface area (Å²) in [6.45, 7) is 1.12. The zero-order valence-corrected chi connectivity index (χ0v) is 22.4. The van der Waals surface area contributed by atoms with Crippen LogP contribution >= 0.6 is 11.3 Å². The third-order valence-corrected chi connectivity index (χ3v) is 9.24. The number of sulfone groups is 1. The monoisotopic (exact) mass is 617 g/mol. The van der Waals surface area contributed by atoms with Crippen molar-refractivity contribution in [2.75, 3.05) is 23.4 Å². The normalized spacial score (nSPS) is 21.2. The van der Waals surface area contributed by atoms with Gasteiger partial charge in [0.05, 0.1) is 29.0 Å². The van der Waals surface area contributed by atoms with E-state index in [9.17, 15) is 48.7 Å². The molecule has 2 saturated heterocycles. The number of pyridine rings is 1. The molecule has 4 heterocycles. The molecule has 2 aliphatic rings. The van der Waals surface area contributed by atoms with E-state index < -0.39 is 98.9 Å². The van der Waals surface area contributed by atoms with Crippen LogP contribution in [0.25, 0.3) is 10.4 Å². The zero-order valence-electron chi connectivity index (χ0n) is 20.7. The highest BCUT2D eigenvalue weighted by Crippen LogP contribution is 2.40. The number of carbonyl (C=O) groups excluding carboxylic acids is 2. The van der Waals surface area contributed by atoms with Gasteiger partial charge >= 0.3 is 6.18 Å². The Labute approximate surface area is 227 Å². The predicted octanol–water partition coefficient (Wildman–Crippen LogP) is 3.90. The number of halogens is 7. The third-order valence-electron chi connectivity index (χ3n) is 6.33. The molecule has 4 rings (SSSR count). The SMILES string of the molecule is CC1CC(F)(F)CN1C(=O)c1nc(C(=O)NC2CS(=O)(=O)C2)sc1-c1cnc(NC(C)C(F)(F)F)cc1C(F)F. The minimum atomic E-state index is -4.71. The van der Waals surface area contributed by atoms with Crippen molar-refractivity contribution in [3.8, 4) is 10.4 Å². The summed E-state index contributed by atoms with van der Waals surface area (Å²) >= 11 is 0.460. The van der Waals surface area contributed by atoms with Crippen molar-refractivity contribution in [1.29, 1.82) is 0 Å². The number of anilines is 1. The molecule has 0 aromatic carbocycles. The van der Waals surface area contributed by atoms with E-state index in [0.717, 1.165) is 18.0 Å². The van der Waals surface area contributed by atoms with Crippen molar-refractivity contribution in [3.05, 3.63) is 28.5 Å². The highest BCUT2D eigenvalue weighted by Gasteiger charge is 2.46. The maximum atomic E-state index is 14.1. The van der Waals surface area contributed by atoms with Crippen LogP contribution in [0.5, 0.6) is 0 Å². The molecule has 2 aromatic heterocycles. The fourth-order valence-electron chi connectivity index (χ4n) is 4.28. The molecule has 2 fully saturated rings. The molecular formula is C22H22F7N5O4S2. The van der Waals surface area contributed by atoms with Crippen LogP contribution in [0.15, 0.2) is 12.3 Å². The van der Waals surface area contributed by atoms with E-state index >= 15 is 0 Å². The number of likely N-dealkylation sites (tertiary alicyclic amines) is 1. The molecule has 0 saturated carbocycles. The van der Waals surface area contributed by atoms with Gasteiger partial charge in [0, 0.05) is 29.8 Å². The second-order valence-electron chi connectivity index (χ2n) is 9.65. The first kappa shape index (κ1) is 30.0. The van der Waals surface area contributed by atoms with Gasteiger partial charge in [-0.25, -0.2) is 35.9 Å². The van der Waals surface area contributed by atoms with Gasteiger partial charge in [-0.05, 0) is 19.9 Å². The first-order valence-electron chi connectivity index (χ1n) is 11.7. The minimum Gasteiger partial charge on any atom is -0.359 e. The number of alkyl halides is 7. The number of thiazole rings is 1. The second kappa shape index (κ2) is 10.4. The fraction of sp³-hybridized carbons (Fsp3) is 0.545. The summed E-state index contributed by atoms with van der Waals surface area (Å²) in [6.07, 6.45) is -7.88. The van der Waals surface area contributed by atoms with Crippen LogP contribution in [0.1, 0.15) is 52.5 Å². The Hall–Kier alpha value is -3.02. The molecule has 2 aromatic rings. The standard InChI is InChI=1S/C22H22F7N5O4S2/c1-9-4-21(25,26)8-34(9)20(36)15-16(39-19(33-15)18(35)32-11-6-40(37,38)7-11)13-5-30-14(3-12(13)17(23)24)31-10(2)22(27,28)29/h3,5,9-11,17H,4,6-8H2,1-2H3,(H,30,31)(H,32,35). The van der Waals surface area contributed by atoms with E-state index in [-0.39, 0.29) is 16.4 Å². The average Bonchev–Trinajstić information content (AvgIpc) is 3.36. The van der Waals surface area contributed by atoms with Crippen molar-refractivity contribution in [2.45, 2.75) is 56.9 Å². The van der Waals surface area contributed by atoms with E-state index in [1.54, 1.807) is 0 Å². The number of nitrogens with zero attached hydrogens (tertiary/aromatic N) is 3. The Kier molecular flexibility index (Phi) is 7.81. The summed E-state index contributed by atoms with van der Waals surface area (Å²) in [5.41, 5.74) is -1.89. The van der Waals surface area contributed by atoms with Gasteiger partial charge in [0.25, 0.3) is 24.2 Å². The number of aromatic nitrogens is 2. The first-order valence-corrected chi connectivity index (χ1v) is 14.3. The maximum Gasteiger partial charge on any atom is 0.408 e. The lowest BCUT2D eigenvalue weighted by molar-refractivity contribution is -0.138. The molecule has 0 bridgehead atoms. The van der Waals surface area contributed by atoms with Gasteiger partial charge in [-0.3, -0.25) is 9.59 Å². The zero-order chi connectivity index (χ0) is 29.8. The lowest BCUT2D eigenvalue weighted by Crippen LogP contribution is -2.52. The Morgan fingerprint density at radius 3 is 2.40 bits per heavy atom. The van der Waals surface area contributed by atoms with Gasteiger partial charge in [-0.15, -0.1) is 11.3 Å². The lowest BCUT2D eigenvalue weighted by atomic mass is 10.1. The fourth-order valence-corrected chi connectivity index (χ4v) is 6.57. The number of rotatable bonds is 7.